The van der Waals surface area contributed by atoms with E-state index in [1.165, 1.54) is 5.56 Å². The van der Waals surface area contributed by atoms with Gasteiger partial charge in [-0.3, -0.25) is 4.99 Å². The summed E-state index contributed by atoms with van der Waals surface area (Å²) in [7, 11) is 1.64. The molecule has 0 radical (unpaired) electrons. The van der Waals surface area contributed by atoms with Crippen molar-refractivity contribution in [2.24, 2.45) is 10.9 Å². The highest BCUT2D eigenvalue weighted by Gasteiger charge is 2.50. The number of fused-ring (bicyclic) bond motifs is 2. The van der Waals surface area contributed by atoms with Gasteiger partial charge in [-0.25, -0.2) is 9.37 Å². The van der Waals surface area contributed by atoms with Crippen molar-refractivity contribution in [1.29, 1.82) is 0 Å². The van der Waals surface area contributed by atoms with E-state index in [4.69, 9.17) is 9.73 Å². The maximum atomic E-state index is 15.8. The minimum absolute atomic E-state index is 0.0964. The molecule has 1 N–H and O–H groups in total. The van der Waals surface area contributed by atoms with Gasteiger partial charge in [-0.05, 0) is 40.8 Å². The summed E-state index contributed by atoms with van der Waals surface area (Å²) in [5, 5.41) is 4.74. The third kappa shape index (κ3) is 4.70. The summed E-state index contributed by atoms with van der Waals surface area (Å²) >= 11 is 1.71. The predicted molar refractivity (Wildman–Crippen MR) is 172 cm³/mol. The van der Waals surface area contributed by atoms with Gasteiger partial charge in [0.2, 0.25) is 5.88 Å². The van der Waals surface area contributed by atoms with E-state index in [1.807, 2.05) is 30.3 Å². The minimum atomic E-state index is -0.821. The molecule has 2 aliphatic rings. The second-order valence-electron chi connectivity index (χ2n) is 11.1. The molecule has 0 bridgehead atoms. The zero-order valence-electron chi connectivity index (χ0n) is 23.9. The Morgan fingerprint density at radius 2 is 1.40 bits per heavy atom. The van der Waals surface area contributed by atoms with Crippen LogP contribution in [0.2, 0.25) is 0 Å². The van der Waals surface area contributed by atoms with Crippen molar-refractivity contribution in [1.82, 2.24) is 10.3 Å². The van der Waals surface area contributed by atoms with Crippen LogP contribution >= 0.6 is 11.8 Å². The van der Waals surface area contributed by atoms with Gasteiger partial charge >= 0.3 is 0 Å². The fraction of sp³-hybridized carbons (Fsp3) is 0.189. The van der Waals surface area contributed by atoms with E-state index in [0.29, 0.717) is 17.9 Å². The lowest BCUT2D eigenvalue weighted by atomic mass is 9.67. The number of ether oxygens (including phenoxy) is 1. The largest absolute Gasteiger partial charge is 0.481 e. The summed E-state index contributed by atoms with van der Waals surface area (Å²) < 4.78 is 21.5. The Labute approximate surface area is 256 Å². The maximum absolute atomic E-state index is 15.8. The first-order chi connectivity index (χ1) is 21.1. The third-order valence-electron chi connectivity index (χ3n) is 8.87. The van der Waals surface area contributed by atoms with E-state index < -0.39 is 11.1 Å². The van der Waals surface area contributed by atoms with E-state index in [9.17, 15) is 0 Å². The normalized spacial score (nSPS) is 19.5. The molecule has 43 heavy (non-hydrogen) atoms. The highest BCUT2D eigenvalue weighted by atomic mass is 32.2. The van der Waals surface area contributed by atoms with Crippen LogP contribution in [0.1, 0.15) is 33.4 Å². The molecule has 0 unspecified atom stereocenters. The molecule has 4 aromatic carbocycles. The lowest BCUT2D eigenvalue weighted by Gasteiger charge is -2.47. The average Bonchev–Trinajstić information content (AvgIpc) is 3.07. The molecular formula is C37H32FN3OS. The first-order valence-corrected chi connectivity index (χ1v) is 15.6. The number of benzene rings is 4. The number of nitrogens with one attached hydrogen (secondary N) is 1. The van der Waals surface area contributed by atoms with Gasteiger partial charge in [0.05, 0.1) is 12.6 Å². The summed E-state index contributed by atoms with van der Waals surface area (Å²) in [5.41, 5.74) is 4.54. The van der Waals surface area contributed by atoms with Crippen molar-refractivity contribution in [2.75, 3.05) is 12.9 Å². The van der Waals surface area contributed by atoms with Gasteiger partial charge in [-0.2, -0.15) is 0 Å². The van der Waals surface area contributed by atoms with Crippen LogP contribution in [0.15, 0.2) is 133 Å². The van der Waals surface area contributed by atoms with Crippen molar-refractivity contribution >= 4 is 16.9 Å². The Bertz CT molecular complexity index is 1670. The number of amidine groups is 1. The lowest BCUT2D eigenvalue weighted by Crippen LogP contribution is -2.52. The molecule has 5 aromatic rings. The molecule has 1 aliphatic heterocycles. The molecule has 4 nitrogen and oxygen atoms in total. The second-order valence-corrected chi connectivity index (χ2v) is 12.1. The molecule has 2 heterocycles. The van der Waals surface area contributed by atoms with Gasteiger partial charge in [-0.1, -0.05) is 121 Å². The Kier molecular flexibility index (Phi) is 7.23. The van der Waals surface area contributed by atoms with Gasteiger partial charge in [0, 0.05) is 35.4 Å². The van der Waals surface area contributed by atoms with Crippen molar-refractivity contribution in [3.63, 3.8) is 0 Å². The highest BCUT2D eigenvalue weighted by molar-refractivity contribution is 8.13. The van der Waals surface area contributed by atoms with E-state index in [-0.39, 0.29) is 11.7 Å². The first-order valence-electron chi connectivity index (χ1n) is 14.6. The number of aliphatic imine (C=N–C) groups is 1. The molecule has 7 rings (SSSR count). The Balaban J connectivity index is 1.45. The van der Waals surface area contributed by atoms with Gasteiger partial charge in [-0.15, -0.1) is 0 Å². The zero-order valence-corrected chi connectivity index (χ0v) is 24.7. The van der Waals surface area contributed by atoms with Crippen LogP contribution in [0.4, 0.5) is 4.39 Å². The van der Waals surface area contributed by atoms with Crippen molar-refractivity contribution < 1.29 is 9.13 Å². The van der Waals surface area contributed by atoms with Crippen molar-refractivity contribution in [2.45, 2.75) is 23.9 Å². The number of hydrogen-bond acceptors (Lipinski definition) is 5. The SMILES string of the molecule is COc1nccc2c1C[C@]1(c3ccccc3F)N=C(NC(c3ccccc3)(c3ccccc3)c3ccccc3)SC[C@@H]1C2. The van der Waals surface area contributed by atoms with Crippen LogP contribution in [0.3, 0.4) is 0 Å². The second kappa shape index (κ2) is 11.3. The molecule has 0 saturated heterocycles. The van der Waals surface area contributed by atoms with Crippen LogP contribution in [0.25, 0.3) is 0 Å². The molecule has 1 aliphatic carbocycles. The summed E-state index contributed by atoms with van der Waals surface area (Å²) in [6.07, 6.45) is 3.08. The maximum Gasteiger partial charge on any atom is 0.216 e. The topological polar surface area (TPSA) is 46.5 Å². The van der Waals surface area contributed by atoms with Crippen LogP contribution < -0.4 is 10.1 Å². The van der Waals surface area contributed by atoms with Gasteiger partial charge < -0.3 is 10.1 Å². The van der Waals surface area contributed by atoms with Gasteiger partial charge in [0.15, 0.2) is 5.17 Å². The van der Waals surface area contributed by atoms with Crippen LogP contribution in [0.5, 0.6) is 5.88 Å². The number of thioether (sulfide) groups is 1. The number of nitrogens with zero attached hydrogens (tertiary/aromatic N) is 2. The fourth-order valence-electron chi connectivity index (χ4n) is 6.83. The Morgan fingerprint density at radius 3 is 1.98 bits per heavy atom. The van der Waals surface area contributed by atoms with E-state index in [1.54, 1.807) is 37.2 Å². The van der Waals surface area contributed by atoms with E-state index in [0.717, 1.165) is 39.6 Å². The van der Waals surface area contributed by atoms with E-state index >= 15 is 4.39 Å². The number of methoxy groups -OCH3 is 1. The molecule has 2 atom stereocenters. The number of halogens is 1. The standard InChI is InChI=1S/C37H32FN3OS/c1-42-34-31-24-36(32-19-11-12-20-33(32)38)30(23-26(31)21-22-39-34)25-43-35(40-36)41-37(27-13-5-2-6-14-27,28-15-7-3-8-16-28)29-17-9-4-10-18-29/h2-22,30H,23-25H2,1H3,(H,40,41)/t30-,36-/m0/s1. The molecule has 6 heteroatoms. The molecule has 0 fully saturated rings. The highest BCUT2D eigenvalue weighted by Crippen LogP contribution is 2.50. The molecule has 1 aromatic heterocycles. The van der Waals surface area contributed by atoms with Crippen LogP contribution in [-0.4, -0.2) is 23.0 Å². The monoisotopic (exact) mass is 585 g/mol. The minimum Gasteiger partial charge on any atom is -0.481 e. The lowest BCUT2D eigenvalue weighted by molar-refractivity contribution is 0.261. The number of aromatic nitrogens is 1. The van der Waals surface area contributed by atoms with E-state index in [2.05, 4.69) is 89.2 Å². The molecule has 0 spiro atoms. The quantitative estimate of drug-likeness (QED) is 0.209. The Hall–Kier alpha value is -4.42. The summed E-state index contributed by atoms with van der Waals surface area (Å²) in [6, 6.07) is 40.6. The van der Waals surface area contributed by atoms with Gasteiger partial charge in [0.1, 0.15) is 11.4 Å². The number of hydrogen-bond donors (Lipinski definition) is 1. The van der Waals surface area contributed by atoms with Crippen molar-refractivity contribution in [3.05, 3.63) is 167 Å². The van der Waals surface area contributed by atoms with Crippen molar-refractivity contribution in [3.8, 4) is 5.88 Å². The van der Waals surface area contributed by atoms with Gasteiger partial charge in [0.25, 0.3) is 0 Å². The zero-order chi connectivity index (χ0) is 29.3. The Morgan fingerprint density at radius 1 is 0.814 bits per heavy atom. The first kappa shape index (κ1) is 27.4. The van der Waals surface area contributed by atoms with Crippen LogP contribution in [0, 0.1) is 11.7 Å². The summed E-state index contributed by atoms with van der Waals surface area (Å²) in [6.45, 7) is 0. The third-order valence-corrected chi connectivity index (χ3v) is 9.91. The number of rotatable bonds is 6. The summed E-state index contributed by atoms with van der Waals surface area (Å²) in [4.78, 5) is 10.1. The molecule has 0 amide bonds. The summed E-state index contributed by atoms with van der Waals surface area (Å²) in [5.74, 6) is 1.23. The number of pyridine rings is 1. The average molecular weight is 586 g/mol. The fourth-order valence-corrected chi connectivity index (χ4v) is 8.03. The smallest absolute Gasteiger partial charge is 0.216 e. The molecular weight excluding hydrogens is 553 g/mol. The molecule has 0 saturated carbocycles. The molecule has 214 valence electrons. The van der Waals surface area contributed by atoms with Crippen LogP contribution in [-0.2, 0) is 23.9 Å². The predicted octanol–water partition coefficient (Wildman–Crippen LogP) is 7.52.